The summed E-state index contributed by atoms with van der Waals surface area (Å²) in [6.45, 7) is 8.05. The van der Waals surface area contributed by atoms with Gasteiger partial charge in [0.1, 0.15) is 5.54 Å². The van der Waals surface area contributed by atoms with Gasteiger partial charge in [0.05, 0.1) is 0 Å². The van der Waals surface area contributed by atoms with Crippen LogP contribution in [0, 0.1) is 5.92 Å². The molecule has 0 aromatic carbocycles. The number of hydrogen-bond donors (Lipinski definition) is 1. The minimum Gasteiger partial charge on any atom is -0.480 e. The fourth-order valence-electron chi connectivity index (χ4n) is 2.72. The fourth-order valence-corrected chi connectivity index (χ4v) is 2.72. The molecule has 0 amide bonds. The summed E-state index contributed by atoms with van der Waals surface area (Å²) in [5, 5.41) is 9.40. The Morgan fingerprint density at radius 1 is 1.38 bits per heavy atom. The van der Waals surface area contributed by atoms with E-state index < -0.39 is 11.5 Å². The maximum Gasteiger partial charge on any atom is 0.323 e. The smallest absolute Gasteiger partial charge is 0.323 e. The van der Waals surface area contributed by atoms with Crippen LogP contribution in [0.2, 0.25) is 0 Å². The van der Waals surface area contributed by atoms with Crippen molar-refractivity contribution in [3.05, 3.63) is 0 Å². The standard InChI is InChI=1S/C13H25NO2/c1-4-8-13(3,12(15)16)14-9-6-11(5-2)7-10-14/h11H,4-10H2,1-3H3,(H,15,16). The molecule has 0 aromatic heterocycles. The highest BCUT2D eigenvalue weighted by atomic mass is 16.4. The summed E-state index contributed by atoms with van der Waals surface area (Å²) < 4.78 is 0. The van der Waals surface area contributed by atoms with Crippen molar-refractivity contribution < 1.29 is 9.90 Å². The second kappa shape index (κ2) is 5.67. The van der Waals surface area contributed by atoms with Gasteiger partial charge in [0.15, 0.2) is 0 Å². The molecule has 0 radical (unpaired) electrons. The van der Waals surface area contributed by atoms with Crippen LogP contribution in [-0.2, 0) is 4.79 Å². The Balaban J connectivity index is 2.64. The third kappa shape index (κ3) is 2.76. The quantitative estimate of drug-likeness (QED) is 0.785. The fraction of sp³-hybridized carbons (Fsp3) is 0.923. The SMILES string of the molecule is CCCC(C)(C(=O)O)N1CCC(CC)CC1. The van der Waals surface area contributed by atoms with Crippen LogP contribution in [0.25, 0.3) is 0 Å². The van der Waals surface area contributed by atoms with Gasteiger partial charge in [-0.1, -0.05) is 26.7 Å². The molecule has 16 heavy (non-hydrogen) atoms. The summed E-state index contributed by atoms with van der Waals surface area (Å²) in [7, 11) is 0. The second-order valence-corrected chi connectivity index (χ2v) is 5.17. The lowest BCUT2D eigenvalue weighted by Gasteiger charge is -2.42. The highest BCUT2D eigenvalue weighted by Crippen LogP contribution is 2.29. The number of piperidine rings is 1. The molecule has 0 saturated carbocycles. The van der Waals surface area contributed by atoms with Crippen molar-refractivity contribution >= 4 is 5.97 Å². The zero-order valence-electron chi connectivity index (χ0n) is 10.8. The molecule has 1 N–H and O–H groups in total. The lowest BCUT2D eigenvalue weighted by atomic mass is 9.87. The summed E-state index contributed by atoms with van der Waals surface area (Å²) in [6, 6.07) is 0. The van der Waals surface area contributed by atoms with Crippen LogP contribution in [0.4, 0.5) is 0 Å². The molecule has 0 spiro atoms. The van der Waals surface area contributed by atoms with E-state index in [0.29, 0.717) is 0 Å². The van der Waals surface area contributed by atoms with E-state index in [-0.39, 0.29) is 0 Å². The third-order valence-corrected chi connectivity index (χ3v) is 4.09. The zero-order valence-corrected chi connectivity index (χ0v) is 10.8. The Labute approximate surface area is 98.8 Å². The highest BCUT2D eigenvalue weighted by Gasteiger charge is 2.39. The molecule has 1 fully saturated rings. The highest BCUT2D eigenvalue weighted by molar-refractivity contribution is 5.78. The average molecular weight is 227 g/mol. The lowest BCUT2D eigenvalue weighted by molar-refractivity contribution is -0.152. The van der Waals surface area contributed by atoms with E-state index in [1.165, 1.54) is 6.42 Å². The van der Waals surface area contributed by atoms with E-state index in [2.05, 4.69) is 18.7 Å². The van der Waals surface area contributed by atoms with Crippen LogP contribution in [0.5, 0.6) is 0 Å². The first-order valence-electron chi connectivity index (χ1n) is 6.53. The topological polar surface area (TPSA) is 40.5 Å². The van der Waals surface area contributed by atoms with Crippen molar-refractivity contribution in [2.24, 2.45) is 5.92 Å². The number of hydrogen-bond acceptors (Lipinski definition) is 2. The molecule has 1 rings (SSSR count). The van der Waals surface area contributed by atoms with Gasteiger partial charge < -0.3 is 5.11 Å². The maximum atomic E-state index is 11.4. The number of carboxylic acids is 1. The first-order chi connectivity index (χ1) is 7.54. The first-order valence-corrected chi connectivity index (χ1v) is 6.53. The van der Waals surface area contributed by atoms with E-state index in [4.69, 9.17) is 0 Å². The predicted octanol–water partition coefficient (Wildman–Crippen LogP) is 2.75. The van der Waals surface area contributed by atoms with Crippen LogP contribution < -0.4 is 0 Å². The second-order valence-electron chi connectivity index (χ2n) is 5.17. The molecule has 94 valence electrons. The summed E-state index contributed by atoms with van der Waals surface area (Å²) in [6.07, 6.45) is 5.22. The molecule has 0 aliphatic carbocycles. The number of likely N-dealkylation sites (tertiary alicyclic amines) is 1. The predicted molar refractivity (Wildman–Crippen MR) is 65.5 cm³/mol. The van der Waals surface area contributed by atoms with Crippen LogP contribution in [0.1, 0.15) is 52.9 Å². The van der Waals surface area contributed by atoms with Gasteiger partial charge in [-0.3, -0.25) is 9.69 Å². The van der Waals surface area contributed by atoms with Gasteiger partial charge in [-0.25, -0.2) is 0 Å². The molecule has 0 bridgehead atoms. The van der Waals surface area contributed by atoms with Gasteiger partial charge >= 0.3 is 5.97 Å². The van der Waals surface area contributed by atoms with Crippen molar-refractivity contribution in [2.45, 2.75) is 58.4 Å². The monoisotopic (exact) mass is 227 g/mol. The van der Waals surface area contributed by atoms with E-state index in [1.807, 2.05) is 6.92 Å². The van der Waals surface area contributed by atoms with Gasteiger partial charge in [0, 0.05) is 0 Å². The lowest BCUT2D eigenvalue weighted by Crippen LogP contribution is -2.55. The molecule has 1 saturated heterocycles. The number of nitrogens with zero attached hydrogens (tertiary/aromatic N) is 1. The number of rotatable bonds is 5. The van der Waals surface area contributed by atoms with Crippen molar-refractivity contribution in [3.8, 4) is 0 Å². The molecule has 1 unspecified atom stereocenters. The van der Waals surface area contributed by atoms with Gasteiger partial charge in [-0.2, -0.15) is 0 Å². The van der Waals surface area contributed by atoms with E-state index in [9.17, 15) is 9.90 Å². The van der Waals surface area contributed by atoms with Gasteiger partial charge in [-0.15, -0.1) is 0 Å². The number of carbonyl (C=O) groups is 1. The average Bonchev–Trinajstić information content (AvgIpc) is 2.29. The summed E-state index contributed by atoms with van der Waals surface area (Å²) in [5.74, 6) is 0.139. The molecule has 3 heteroatoms. The summed E-state index contributed by atoms with van der Waals surface area (Å²) in [4.78, 5) is 13.6. The Morgan fingerprint density at radius 3 is 2.31 bits per heavy atom. The minimum absolute atomic E-state index is 0.645. The normalized spacial score (nSPS) is 22.9. The largest absolute Gasteiger partial charge is 0.480 e. The van der Waals surface area contributed by atoms with E-state index in [1.54, 1.807) is 0 Å². The van der Waals surface area contributed by atoms with Gasteiger partial charge in [-0.05, 0) is 45.2 Å². The Hall–Kier alpha value is -0.570. The Morgan fingerprint density at radius 2 is 1.94 bits per heavy atom. The van der Waals surface area contributed by atoms with Gasteiger partial charge in [0.2, 0.25) is 0 Å². The van der Waals surface area contributed by atoms with Crippen LogP contribution >= 0.6 is 0 Å². The Kier molecular flexibility index (Phi) is 4.78. The molecular formula is C13H25NO2. The third-order valence-electron chi connectivity index (χ3n) is 4.09. The molecule has 1 aliphatic rings. The number of aliphatic carboxylic acids is 1. The zero-order chi connectivity index (χ0) is 12.2. The number of carboxylic acid groups (broad SMARTS) is 1. The summed E-state index contributed by atoms with van der Waals surface area (Å²) >= 11 is 0. The molecule has 1 atom stereocenters. The van der Waals surface area contributed by atoms with E-state index >= 15 is 0 Å². The van der Waals surface area contributed by atoms with Crippen LogP contribution in [0.15, 0.2) is 0 Å². The molecular weight excluding hydrogens is 202 g/mol. The summed E-state index contributed by atoms with van der Waals surface area (Å²) in [5.41, 5.74) is -0.645. The first kappa shape index (κ1) is 13.5. The minimum atomic E-state index is -0.663. The maximum absolute atomic E-state index is 11.4. The molecule has 0 aromatic rings. The van der Waals surface area contributed by atoms with E-state index in [0.717, 1.165) is 44.7 Å². The van der Waals surface area contributed by atoms with Crippen molar-refractivity contribution in [1.82, 2.24) is 4.90 Å². The van der Waals surface area contributed by atoms with Crippen molar-refractivity contribution in [3.63, 3.8) is 0 Å². The van der Waals surface area contributed by atoms with Crippen LogP contribution in [-0.4, -0.2) is 34.6 Å². The van der Waals surface area contributed by atoms with Crippen LogP contribution in [0.3, 0.4) is 0 Å². The Bertz CT molecular complexity index is 234. The molecule has 1 aliphatic heterocycles. The van der Waals surface area contributed by atoms with Crippen molar-refractivity contribution in [2.75, 3.05) is 13.1 Å². The molecule has 3 nitrogen and oxygen atoms in total. The van der Waals surface area contributed by atoms with Crippen molar-refractivity contribution in [1.29, 1.82) is 0 Å². The molecule has 1 heterocycles. The van der Waals surface area contributed by atoms with Gasteiger partial charge in [0.25, 0.3) is 0 Å².